The van der Waals surface area contributed by atoms with Gasteiger partial charge < -0.3 is 24.6 Å². The molecule has 0 aliphatic rings. The molecule has 0 aliphatic heterocycles. The lowest BCUT2D eigenvalue weighted by Crippen LogP contribution is -2.19. The number of imidazole rings is 1. The molecule has 0 saturated heterocycles. The molecule has 3 N–H and O–H groups in total. The van der Waals surface area contributed by atoms with Gasteiger partial charge >= 0.3 is 5.97 Å². The third-order valence-corrected chi connectivity index (χ3v) is 6.97. The molecule has 224 valence electrons. The van der Waals surface area contributed by atoms with E-state index in [-0.39, 0.29) is 77.6 Å². The number of carboxylic acids is 1. The van der Waals surface area contributed by atoms with Gasteiger partial charge in [0.1, 0.15) is 29.6 Å². The molecule has 2 aromatic heterocycles. The van der Waals surface area contributed by atoms with Crippen molar-refractivity contribution in [2.24, 2.45) is 0 Å². The van der Waals surface area contributed by atoms with Crippen LogP contribution in [0.3, 0.4) is 0 Å². The minimum Gasteiger partial charge on any atom is -0.478 e. The molecule has 0 fully saturated rings. The maximum atomic E-state index is 15.4. The van der Waals surface area contributed by atoms with Gasteiger partial charge in [-0.2, -0.15) is 5.26 Å². The quantitative estimate of drug-likeness (QED) is 0.192. The van der Waals surface area contributed by atoms with Crippen molar-refractivity contribution >= 4 is 17.0 Å². The van der Waals surface area contributed by atoms with E-state index in [1.165, 1.54) is 34.9 Å². The summed E-state index contributed by atoms with van der Waals surface area (Å²) in [4.78, 5) is 20.2. The second-order valence-corrected chi connectivity index (χ2v) is 9.99. The number of aromatic nitrogens is 3. The second-order valence-electron chi connectivity index (χ2n) is 9.99. The van der Waals surface area contributed by atoms with Gasteiger partial charge in [-0.15, -0.1) is 0 Å². The summed E-state index contributed by atoms with van der Waals surface area (Å²) in [7, 11) is 0. The van der Waals surface area contributed by atoms with Crippen LogP contribution in [-0.4, -0.2) is 48.5 Å². The molecule has 0 saturated carbocycles. The highest BCUT2D eigenvalue weighted by atomic mass is 19.1. The van der Waals surface area contributed by atoms with Gasteiger partial charge in [-0.3, -0.25) is 0 Å². The van der Waals surface area contributed by atoms with Crippen molar-refractivity contribution in [3.05, 3.63) is 112 Å². The summed E-state index contributed by atoms with van der Waals surface area (Å²) in [5.41, 5.74) is 1.11. The van der Waals surface area contributed by atoms with Gasteiger partial charge in [-0.05, 0) is 48.4 Å². The summed E-state index contributed by atoms with van der Waals surface area (Å²) in [6.45, 7) is -0.567. The van der Waals surface area contributed by atoms with Gasteiger partial charge in [-0.25, -0.2) is 27.9 Å². The van der Waals surface area contributed by atoms with Crippen LogP contribution in [0.4, 0.5) is 13.2 Å². The van der Waals surface area contributed by atoms with Crippen molar-refractivity contribution in [3.8, 4) is 23.2 Å². The summed E-state index contributed by atoms with van der Waals surface area (Å²) in [6, 6.07) is 17.3. The lowest BCUT2D eigenvalue weighted by Gasteiger charge is -2.14. The molecule has 0 spiro atoms. The van der Waals surface area contributed by atoms with Crippen LogP contribution in [0.25, 0.3) is 22.3 Å². The number of fused-ring (bicyclic) bond motifs is 1. The van der Waals surface area contributed by atoms with E-state index in [9.17, 15) is 28.9 Å². The molecule has 0 bridgehead atoms. The number of pyridine rings is 1. The topological polar surface area (TPSA) is 141 Å². The second kappa shape index (κ2) is 12.9. The van der Waals surface area contributed by atoms with Gasteiger partial charge in [-0.1, -0.05) is 24.3 Å². The first-order valence-electron chi connectivity index (χ1n) is 13.4. The van der Waals surface area contributed by atoms with Crippen LogP contribution in [0.1, 0.15) is 39.3 Å². The van der Waals surface area contributed by atoms with Crippen molar-refractivity contribution in [1.82, 2.24) is 14.5 Å². The molecule has 0 amide bonds. The highest BCUT2D eigenvalue weighted by Crippen LogP contribution is 2.27. The molecular weight excluding hydrogens is 577 g/mol. The Kier molecular flexibility index (Phi) is 8.89. The number of carboxylic acid groups (broad SMARTS) is 1. The number of nitriles is 1. The molecule has 3 aromatic carbocycles. The fourth-order valence-electron chi connectivity index (χ4n) is 4.70. The summed E-state index contributed by atoms with van der Waals surface area (Å²) < 4.78 is 51.5. The Labute approximate surface area is 249 Å². The average Bonchev–Trinajstić information content (AvgIpc) is 3.34. The number of ether oxygens (including phenoxy) is 1. The number of benzene rings is 3. The highest BCUT2D eigenvalue weighted by molar-refractivity contribution is 5.92. The number of aliphatic hydroxyl groups is 2. The van der Waals surface area contributed by atoms with Crippen molar-refractivity contribution in [2.75, 3.05) is 6.61 Å². The number of aromatic carboxylic acids is 1. The minimum atomic E-state index is -1.35. The van der Waals surface area contributed by atoms with Crippen LogP contribution < -0.4 is 4.74 Å². The van der Waals surface area contributed by atoms with E-state index < -0.39 is 29.5 Å². The number of aliphatic hydroxyl groups excluding tert-OH is 2. The number of nitrogens with zero attached hydrogens (tertiary/aromatic N) is 4. The van der Waals surface area contributed by atoms with Crippen LogP contribution >= 0.6 is 0 Å². The molecular formula is C32H25F3N4O5. The smallest absolute Gasteiger partial charge is 0.335 e. The fourth-order valence-corrected chi connectivity index (χ4v) is 4.70. The zero-order valence-electron chi connectivity index (χ0n) is 23.0. The van der Waals surface area contributed by atoms with Crippen molar-refractivity contribution < 1.29 is 38.0 Å². The minimum absolute atomic E-state index is 0.0153. The number of hydrogen-bond acceptors (Lipinski definition) is 7. The number of hydrogen-bond donors (Lipinski definition) is 3. The Bertz CT molecular complexity index is 1900. The third kappa shape index (κ3) is 6.54. The molecule has 2 heterocycles. The first-order valence-corrected chi connectivity index (χ1v) is 13.4. The maximum Gasteiger partial charge on any atom is 0.335 e. The van der Waals surface area contributed by atoms with Gasteiger partial charge in [0.2, 0.25) is 5.88 Å². The maximum absolute atomic E-state index is 15.4. The largest absolute Gasteiger partial charge is 0.478 e. The first kappa shape index (κ1) is 30.2. The number of carbonyl (C=O) groups is 1. The predicted molar refractivity (Wildman–Crippen MR) is 152 cm³/mol. The molecule has 44 heavy (non-hydrogen) atoms. The lowest BCUT2D eigenvalue weighted by molar-refractivity contribution is 0.0696. The van der Waals surface area contributed by atoms with Gasteiger partial charge in [0.25, 0.3) is 0 Å². The Morgan fingerprint density at radius 2 is 1.75 bits per heavy atom. The average molecular weight is 603 g/mol. The van der Waals surface area contributed by atoms with E-state index in [0.717, 1.165) is 12.1 Å². The summed E-state index contributed by atoms with van der Waals surface area (Å²) in [5.74, 6) is -3.05. The van der Waals surface area contributed by atoms with E-state index in [0.29, 0.717) is 11.3 Å². The molecule has 0 aliphatic carbocycles. The Hall–Kier alpha value is -5.25. The highest BCUT2D eigenvalue weighted by Gasteiger charge is 2.21. The van der Waals surface area contributed by atoms with E-state index in [4.69, 9.17) is 10.00 Å². The van der Waals surface area contributed by atoms with Crippen LogP contribution in [0.2, 0.25) is 0 Å². The van der Waals surface area contributed by atoms with Crippen molar-refractivity contribution in [2.45, 2.75) is 32.1 Å². The molecule has 5 rings (SSSR count). The van der Waals surface area contributed by atoms with Gasteiger partial charge in [0.15, 0.2) is 5.82 Å². The molecule has 9 nitrogen and oxygen atoms in total. The van der Waals surface area contributed by atoms with Crippen molar-refractivity contribution in [1.29, 1.82) is 5.26 Å². The molecule has 0 unspecified atom stereocenters. The van der Waals surface area contributed by atoms with Gasteiger partial charge in [0, 0.05) is 30.2 Å². The third-order valence-electron chi connectivity index (χ3n) is 6.97. The van der Waals surface area contributed by atoms with E-state index >= 15 is 4.39 Å². The molecule has 5 aromatic rings. The number of halogens is 3. The summed E-state index contributed by atoms with van der Waals surface area (Å²) in [6.07, 6.45) is -1.14. The van der Waals surface area contributed by atoms with Crippen LogP contribution in [0, 0.1) is 28.8 Å². The Morgan fingerprint density at radius 1 is 0.977 bits per heavy atom. The Balaban J connectivity index is 1.40. The molecule has 12 heteroatoms. The van der Waals surface area contributed by atoms with Crippen LogP contribution in [0.5, 0.6) is 5.88 Å². The van der Waals surface area contributed by atoms with E-state index in [2.05, 4.69) is 9.97 Å². The van der Waals surface area contributed by atoms with Gasteiger partial charge in [0.05, 0.1) is 41.1 Å². The normalized spacial score (nSPS) is 11.8. The first-order chi connectivity index (χ1) is 21.2. The zero-order chi connectivity index (χ0) is 31.4. The monoisotopic (exact) mass is 602 g/mol. The predicted octanol–water partition coefficient (Wildman–Crippen LogP) is 5.00. The Morgan fingerprint density at radius 3 is 2.45 bits per heavy atom. The van der Waals surface area contributed by atoms with Crippen molar-refractivity contribution in [3.63, 3.8) is 0 Å². The van der Waals surface area contributed by atoms with E-state index in [1.54, 1.807) is 24.3 Å². The number of rotatable bonds is 11. The SMILES string of the molecule is N#Cc1ccc(COc2cccc(-c3ccc(Cc4nc5c(F)cc(C(=O)O)cc5n4C[C@@H](O)CCO)c(F)c3)n2)c(F)c1. The van der Waals surface area contributed by atoms with Crippen LogP contribution in [0.15, 0.2) is 66.7 Å². The standard InChI is InChI=1S/C32H25F3N4O5/c33-24-10-18(15-36)4-5-21(24)17-44-30-3-1-2-27(37-30)20-7-6-19(25(34)11-20)14-29-38-31-26(35)12-22(32(42)43)13-28(31)39(29)16-23(41)8-9-40/h1-7,10-13,23,40-41H,8-9,14,16-17H2,(H,42,43)/t23-/m0/s1. The molecule has 0 radical (unpaired) electrons. The lowest BCUT2D eigenvalue weighted by atomic mass is 10.1. The van der Waals surface area contributed by atoms with E-state index in [1.807, 2.05) is 6.07 Å². The zero-order valence-corrected chi connectivity index (χ0v) is 23.0. The summed E-state index contributed by atoms with van der Waals surface area (Å²) >= 11 is 0. The summed E-state index contributed by atoms with van der Waals surface area (Å²) in [5, 5.41) is 37.9. The fraction of sp³-hybridized carbons (Fsp3) is 0.188. The van der Waals surface area contributed by atoms with Crippen LogP contribution in [-0.2, 0) is 19.6 Å². The molecule has 1 atom stereocenters.